The third kappa shape index (κ3) is 5.65. The van der Waals surface area contributed by atoms with Crippen molar-refractivity contribution in [3.8, 4) is 0 Å². The van der Waals surface area contributed by atoms with Gasteiger partial charge in [0.2, 0.25) is 0 Å². The van der Waals surface area contributed by atoms with Gasteiger partial charge in [0.15, 0.2) is 0 Å². The van der Waals surface area contributed by atoms with Crippen LogP contribution in [0.2, 0.25) is 0 Å². The summed E-state index contributed by atoms with van der Waals surface area (Å²) in [5.41, 5.74) is 2.30. The van der Waals surface area contributed by atoms with E-state index in [1.807, 2.05) is 16.9 Å². The molecule has 0 aliphatic rings. The molecule has 1 N–H and O–H groups in total. The zero-order valence-electron chi connectivity index (χ0n) is 12.6. The van der Waals surface area contributed by atoms with Crippen molar-refractivity contribution in [2.45, 2.75) is 38.9 Å². The van der Waals surface area contributed by atoms with Gasteiger partial charge in [-0.15, -0.1) is 5.10 Å². The van der Waals surface area contributed by atoms with Crippen molar-refractivity contribution in [3.63, 3.8) is 0 Å². The molecule has 114 valence electrons. The molecule has 5 heteroatoms. The van der Waals surface area contributed by atoms with Crippen molar-refractivity contribution < 1.29 is 5.11 Å². The van der Waals surface area contributed by atoms with Crippen LogP contribution in [0.4, 0.5) is 0 Å². The smallest absolute Gasteiger partial charge is 0.0967 e. The van der Waals surface area contributed by atoms with Gasteiger partial charge in [-0.05, 0) is 31.9 Å². The molecule has 0 spiro atoms. The molecular formula is C16H24N4O. The van der Waals surface area contributed by atoms with Crippen LogP contribution in [-0.4, -0.2) is 38.7 Å². The zero-order valence-corrected chi connectivity index (χ0v) is 12.6. The third-order valence-electron chi connectivity index (χ3n) is 3.36. The average Bonchev–Trinajstić information content (AvgIpc) is 2.92. The second-order valence-electron chi connectivity index (χ2n) is 5.42. The summed E-state index contributed by atoms with van der Waals surface area (Å²) < 4.78 is 1.89. The second-order valence-corrected chi connectivity index (χ2v) is 5.42. The summed E-state index contributed by atoms with van der Waals surface area (Å²) in [7, 11) is 2.09. The minimum absolute atomic E-state index is 0.271. The van der Waals surface area contributed by atoms with Crippen LogP contribution in [0.5, 0.6) is 0 Å². The highest BCUT2D eigenvalue weighted by atomic mass is 16.2. The van der Waals surface area contributed by atoms with Crippen LogP contribution in [-0.2, 0) is 19.6 Å². The Hall–Kier alpha value is -1.72. The topological polar surface area (TPSA) is 54.2 Å². The maximum Gasteiger partial charge on any atom is 0.0967 e. The summed E-state index contributed by atoms with van der Waals surface area (Å²) >= 11 is 0. The molecular weight excluding hydrogens is 264 g/mol. The molecule has 0 amide bonds. The summed E-state index contributed by atoms with van der Waals surface area (Å²) in [4.78, 5) is 2.23. The Morgan fingerprint density at radius 2 is 1.90 bits per heavy atom. The molecule has 0 saturated heterocycles. The number of aromatic nitrogens is 3. The monoisotopic (exact) mass is 288 g/mol. The zero-order chi connectivity index (χ0) is 14.9. The van der Waals surface area contributed by atoms with Gasteiger partial charge in [0.05, 0.1) is 5.69 Å². The van der Waals surface area contributed by atoms with E-state index < -0.39 is 0 Å². The van der Waals surface area contributed by atoms with Crippen molar-refractivity contribution in [1.29, 1.82) is 0 Å². The molecule has 0 radical (unpaired) electrons. The number of aryl methyl sites for hydroxylation is 1. The van der Waals surface area contributed by atoms with Crippen LogP contribution < -0.4 is 0 Å². The Morgan fingerprint density at radius 3 is 2.67 bits per heavy atom. The lowest BCUT2D eigenvalue weighted by molar-refractivity contribution is 0.281. The molecule has 0 unspecified atom stereocenters. The van der Waals surface area contributed by atoms with Crippen LogP contribution in [0.25, 0.3) is 0 Å². The first-order chi connectivity index (χ1) is 10.3. The predicted octanol–water partition coefficient (Wildman–Crippen LogP) is 2.07. The minimum Gasteiger partial charge on any atom is -0.396 e. The van der Waals surface area contributed by atoms with Gasteiger partial charge < -0.3 is 5.11 Å². The van der Waals surface area contributed by atoms with E-state index in [2.05, 4.69) is 46.5 Å². The fourth-order valence-corrected chi connectivity index (χ4v) is 2.31. The van der Waals surface area contributed by atoms with Crippen LogP contribution in [0.3, 0.4) is 0 Å². The van der Waals surface area contributed by atoms with Gasteiger partial charge in [-0.1, -0.05) is 35.5 Å². The van der Waals surface area contributed by atoms with Crippen LogP contribution in [0, 0.1) is 0 Å². The quantitative estimate of drug-likeness (QED) is 0.718. The van der Waals surface area contributed by atoms with E-state index >= 15 is 0 Å². The molecule has 1 aromatic carbocycles. The molecule has 0 aliphatic carbocycles. The third-order valence-corrected chi connectivity index (χ3v) is 3.36. The van der Waals surface area contributed by atoms with E-state index in [-0.39, 0.29) is 6.61 Å². The van der Waals surface area contributed by atoms with Gasteiger partial charge >= 0.3 is 0 Å². The molecule has 21 heavy (non-hydrogen) atoms. The Morgan fingerprint density at radius 1 is 1.10 bits per heavy atom. The second kappa shape index (κ2) is 8.54. The molecule has 1 heterocycles. The predicted molar refractivity (Wildman–Crippen MR) is 82.6 cm³/mol. The van der Waals surface area contributed by atoms with Crippen LogP contribution >= 0.6 is 0 Å². The standard InChI is InChI=1S/C16H24N4O/c1-19(12-15-8-4-2-5-9-15)13-16-14-20(18-17-16)10-6-3-7-11-21/h2,4-5,8-9,14,21H,3,6-7,10-13H2,1H3. The van der Waals surface area contributed by atoms with Gasteiger partial charge in [0.25, 0.3) is 0 Å². The lowest BCUT2D eigenvalue weighted by Gasteiger charge is -2.14. The minimum atomic E-state index is 0.271. The van der Waals surface area contributed by atoms with E-state index in [4.69, 9.17) is 5.11 Å². The first kappa shape index (κ1) is 15.7. The number of unbranched alkanes of at least 4 members (excludes halogenated alkanes) is 2. The molecule has 2 rings (SSSR count). The SMILES string of the molecule is CN(Cc1ccccc1)Cc1cn(CCCCCO)nn1. The molecule has 0 saturated carbocycles. The largest absolute Gasteiger partial charge is 0.396 e. The molecule has 0 bridgehead atoms. The fourth-order valence-electron chi connectivity index (χ4n) is 2.31. The molecule has 0 fully saturated rings. The lowest BCUT2D eigenvalue weighted by Crippen LogP contribution is -2.17. The van der Waals surface area contributed by atoms with E-state index in [0.29, 0.717) is 0 Å². The van der Waals surface area contributed by atoms with Crippen molar-refractivity contribution in [1.82, 2.24) is 19.9 Å². The van der Waals surface area contributed by atoms with Gasteiger partial charge in [0.1, 0.15) is 0 Å². The van der Waals surface area contributed by atoms with E-state index in [0.717, 1.165) is 44.6 Å². The van der Waals surface area contributed by atoms with E-state index in [9.17, 15) is 0 Å². The molecule has 1 aromatic heterocycles. The highest BCUT2D eigenvalue weighted by Gasteiger charge is 2.05. The van der Waals surface area contributed by atoms with Crippen molar-refractivity contribution in [3.05, 3.63) is 47.8 Å². The van der Waals surface area contributed by atoms with Gasteiger partial charge in [0, 0.05) is 32.4 Å². The number of rotatable bonds is 9. The molecule has 0 aliphatic heterocycles. The number of aliphatic hydroxyl groups is 1. The summed E-state index contributed by atoms with van der Waals surface area (Å²) in [6.07, 6.45) is 4.94. The highest BCUT2D eigenvalue weighted by molar-refractivity contribution is 5.14. The lowest BCUT2D eigenvalue weighted by atomic mass is 10.2. The Bertz CT molecular complexity index is 512. The summed E-state index contributed by atoms with van der Waals surface area (Å²) in [5.74, 6) is 0. The Balaban J connectivity index is 1.76. The van der Waals surface area contributed by atoms with Gasteiger partial charge in [-0.25, -0.2) is 0 Å². The van der Waals surface area contributed by atoms with Gasteiger partial charge in [-0.3, -0.25) is 9.58 Å². The summed E-state index contributed by atoms with van der Waals surface area (Å²) in [5, 5.41) is 17.1. The molecule has 2 aromatic rings. The number of nitrogens with zero attached hydrogens (tertiary/aromatic N) is 4. The van der Waals surface area contributed by atoms with E-state index in [1.165, 1.54) is 5.56 Å². The summed E-state index contributed by atoms with van der Waals surface area (Å²) in [6.45, 7) is 2.85. The first-order valence-corrected chi connectivity index (χ1v) is 7.50. The van der Waals surface area contributed by atoms with Crippen LogP contribution in [0.1, 0.15) is 30.5 Å². The first-order valence-electron chi connectivity index (χ1n) is 7.50. The Labute approximate surface area is 126 Å². The summed E-state index contributed by atoms with van der Waals surface area (Å²) in [6, 6.07) is 10.4. The average molecular weight is 288 g/mol. The Kier molecular flexibility index (Phi) is 6.37. The molecule has 5 nitrogen and oxygen atoms in total. The number of benzene rings is 1. The van der Waals surface area contributed by atoms with Crippen molar-refractivity contribution in [2.24, 2.45) is 0 Å². The number of hydrogen-bond acceptors (Lipinski definition) is 4. The van der Waals surface area contributed by atoms with Crippen molar-refractivity contribution >= 4 is 0 Å². The number of aliphatic hydroxyl groups excluding tert-OH is 1. The van der Waals surface area contributed by atoms with Crippen molar-refractivity contribution in [2.75, 3.05) is 13.7 Å². The highest BCUT2D eigenvalue weighted by Crippen LogP contribution is 2.06. The fraction of sp³-hybridized carbons (Fsp3) is 0.500. The van der Waals surface area contributed by atoms with Gasteiger partial charge in [-0.2, -0.15) is 0 Å². The maximum atomic E-state index is 8.75. The number of hydrogen-bond donors (Lipinski definition) is 1. The van der Waals surface area contributed by atoms with Crippen LogP contribution in [0.15, 0.2) is 36.5 Å². The van der Waals surface area contributed by atoms with E-state index in [1.54, 1.807) is 0 Å². The maximum absolute atomic E-state index is 8.75. The normalized spacial score (nSPS) is 11.2. The molecule has 0 atom stereocenters.